The number of amides is 1. The minimum atomic E-state index is -0.189. The average molecular weight is 255 g/mol. The highest BCUT2D eigenvalue weighted by Gasteiger charge is 2.12. The van der Waals surface area contributed by atoms with Crippen LogP contribution in [0.15, 0.2) is 30.5 Å². The van der Waals surface area contributed by atoms with Crippen LogP contribution in [0.2, 0.25) is 0 Å². The SMILES string of the molecule is Cc1cc(C)c(C(=O)Nc2ncccc2C)cc1N. The van der Waals surface area contributed by atoms with E-state index in [1.54, 1.807) is 12.3 Å². The van der Waals surface area contributed by atoms with Crippen LogP contribution in [-0.2, 0) is 0 Å². The second-order valence-electron chi connectivity index (χ2n) is 4.65. The lowest BCUT2D eigenvalue weighted by molar-refractivity contribution is 0.102. The number of benzene rings is 1. The summed E-state index contributed by atoms with van der Waals surface area (Å²) in [5.41, 5.74) is 9.85. The van der Waals surface area contributed by atoms with Crippen LogP contribution in [0.5, 0.6) is 0 Å². The number of rotatable bonds is 2. The first-order valence-electron chi connectivity index (χ1n) is 6.08. The summed E-state index contributed by atoms with van der Waals surface area (Å²) in [5.74, 6) is 0.386. The van der Waals surface area contributed by atoms with Gasteiger partial charge >= 0.3 is 0 Å². The Labute approximate surface area is 112 Å². The monoisotopic (exact) mass is 255 g/mol. The van der Waals surface area contributed by atoms with Gasteiger partial charge in [-0.2, -0.15) is 0 Å². The Bertz CT molecular complexity index is 635. The molecule has 0 aliphatic carbocycles. The molecule has 4 heteroatoms. The second kappa shape index (κ2) is 5.10. The first kappa shape index (κ1) is 13.1. The zero-order chi connectivity index (χ0) is 14.0. The predicted octanol–water partition coefficient (Wildman–Crippen LogP) is 2.84. The smallest absolute Gasteiger partial charge is 0.257 e. The zero-order valence-corrected chi connectivity index (χ0v) is 11.3. The summed E-state index contributed by atoms with van der Waals surface area (Å²) < 4.78 is 0. The minimum Gasteiger partial charge on any atom is -0.398 e. The van der Waals surface area contributed by atoms with E-state index in [0.29, 0.717) is 17.1 Å². The van der Waals surface area contributed by atoms with E-state index in [1.807, 2.05) is 39.0 Å². The van der Waals surface area contributed by atoms with Gasteiger partial charge in [0.15, 0.2) is 0 Å². The van der Waals surface area contributed by atoms with Crippen LogP contribution in [0, 0.1) is 20.8 Å². The lowest BCUT2D eigenvalue weighted by Crippen LogP contribution is -2.15. The van der Waals surface area contributed by atoms with Gasteiger partial charge in [0.2, 0.25) is 0 Å². The summed E-state index contributed by atoms with van der Waals surface area (Å²) in [7, 11) is 0. The molecule has 2 aromatic rings. The topological polar surface area (TPSA) is 68.0 Å². The summed E-state index contributed by atoms with van der Waals surface area (Å²) in [6.45, 7) is 5.72. The molecule has 0 saturated carbocycles. The molecular weight excluding hydrogens is 238 g/mol. The van der Waals surface area contributed by atoms with Gasteiger partial charge in [-0.1, -0.05) is 12.1 Å². The minimum absolute atomic E-state index is 0.189. The molecule has 1 amide bonds. The van der Waals surface area contributed by atoms with E-state index < -0.39 is 0 Å². The van der Waals surface area contributed by atoms with Gasteiger partial charge in [-0.25, -0.2) is 4.98 Å². The molecule has 0 radical (unpaired) electrons. The molecule has 1 aromatic carbocycles. The fraction of sp³-hybridized carbons (Fsp3) is 0.200. The Hall–Kier alpha value is -2.36. The third-order valence-corrected chi connectivity index (χ3v) is 3.10. The van der Waals surface area contributed by atoms with Crippen molar-refractivity contribution >= 4 is 17.4 Å². The maximum Gasteiger partial charge on any atom is 0.257 e. The second-order valence-corrected chi connectivity index (χ2v) is 4.65. The molecule has 3 N–H and O–H groups in total. The number of pyridine rings is 1. The van der Waals surface area contributed by atoms with E-state index in [-0.39, 0.29) is 5.91 Å². The van der Waals surface area contributed by atoms with Crippen LogP contribution >= 0.6 is 0 Å². The van der Waals surface area contributed by atoms with E-state index >= 15 is 0 Å². The molecule has 98 valence electrons. The number of carbonyl (C=O) groups excluding carboxylic acids is 1. The summed E-state index contributed by atoms with van der Waals surface area (Å²) in [4.78, 5) is 16.4. The molecule has 2 rings (SSSR count). The van der Waals surface area contributed by atoms with Crippen molar-refractivity contribution in [3.05, 3.63) is 52.7 Å². The molecule has 0 bridgehead atoms. The molecular formula is C15H17N3O. The molecule has 19 heavy (non-hydrogen) atoms. The summed E-state index contributed by atoms with van der Waals surface area (Å²) in [6.07, 6.45) is 1.65. The third-order valence-electron chi connectivity index (χ3n) is 3.10. The van der Waals surface area contributed by atoms with Crippen molar-refractivity contribution in [2.75, 3.05) is 11.1 Å². The quantitative estimate of drug-likeness (QED) is 0.811. The Morgan fingerprint density at radius 2 is 1.89 bits per heavy atom. The van der Waals surface area contributed by atoms with Crippen LogP contribution in [0.25, 0.3) is 0 Å². The number of hydrogen-bond donors (Lipinski definition) is 2. The normalized spacial score (nSPS) is 10.3. The first-order chi connectivity index (χ1) is 8.99. The number of nitrogens with one attached hydrogen (secondary N) is 1. The van der Waals surface area contributed by atoms with Crippen molar-refractivity contribution in [2.45, 2.75) is 20.8 Å². The number of nitrogens with zero attached hydrogens (tertiary/aromatic N) is 1. The van der Waals surface area contributed by atoms with Crippen LogP contribution in [0.3, 0.4) is 0 Å². The summed E-state index contributed by atoms with van der Waals surface area (Å²) in [6, 6.07) is 7.35. The van der Waals surface area contributed by atoms with E-state index in [4.69, 9.17) is 5.73 Å². The van der Waals surface area contributed by atoms with E-state index in [2.05, 4.69) is 10.3 Å². The van der Waals surface area contributed by atoms with Gasteiger partial charge in [-0.3, -0.25) is 4.79 Å². The Morgan fingerprint density at radius 3 is 2.58 bits per heavy atom. The highest BCUT2D eigenvalue weighted by Crippen LogP contribution is 2.19. The van der Waals surface area contributed by atoms with Crippen molar-refractivity contribution < 1.29 is 4.79 Å². The largest absolute Gasteiger partial charge is 0.398 e. The molecule has 1 heterocycles. The van der Waals surface area contributed by atoms with Crippen molar-refractivity contribution in [1.29, 1.82) is 0 Å². The molecule has 4 nitrogen and oxygen atoms in total. The number of carbonyl (C=O) groups is 1. The molecule has 0 saturated heterocycles. The molecule has 0 atom stereocenters. The number of aromatic nitrogens is 1. The number of nitrogen functional groups attached to an aromatic ring is 1. The number of hydrogen-bond acceptors (Lipinski definition) is 3. The standard InChI is InChI=1S/C15H17N3O/c1-9-5-4-6-17-14(9)18-15(19)12-8-13(16)11(3)7-10(12)2/h4-8H,16H2,1-3H3,(H,17,18,19). The van der Waals surface area contributed by atoms with Crippen molar-refractivity contribution in [3.8, 4) is 0 Å². The molecule has 0 fully saturated rings. The highest BCUT2D eigenvalue weighted by atomic mass is 16.1. The lowest BCUT2D eigenvalue weighted by atomic mass is 10.0. The van der Waals surface area contributed by atoms with Crippen LogP contribution in [0.1, 0.15) is 27.0 Å². The maximum atomic E-state index is 12.2. The van der Waals surface area contributed by atoms with Crippen LogP contribution in [-0.4, -0.2) is 10.9 Å². The van der Waals surface area contributed by atoms with Crippen molar-refractivity contribution in [3.63, 3.8) is 0 Å². The highest BCUT2D eigenvalue weighted by molar-refractivity contribution is 6.05. The molecule has 0 spiro atoms. The summed E-state index contributed by atoms with van der Waals surface area (Å²) >= 11 is 0. The van der Waals surface area contributed by atoms with Crippen LogP contribution in [0.4, 0.5) is 11.5 Å². The molecule has 0 aliphatic heterocycles. The average Bonchev–Trinajstić information content (AvgIpc) is 2.36. The Balaban J connectivity index is 2.31. The zero-order valence-electron chi connectivity index (χ0n) is 11.3. The summed E-state index contributed by atoms with van der Waals surface area (Å²) in [5, 5.41) is 2.81. The van der Waals surface area contributed by atoms with E-state index in [1.165, 1.54) is 0 Å². The maximum absolute atomic E-state index is 12.2. The lowest BCUT2D eigenvalue weighted by Gasteiger charge is -2.11. The van der Waals surface area contributed by atoms with Crippen molar-refractivity contribution in [1.82, 2.24) is 4.98 Å². The van der Waals surface area contributed by atoms with Gasteiger partial charge in [0, 0.05) is 17.4 Å². The number of nitrogens with two attached hydrogens (primary N) is 1. The van der Waals surface area contributed by atoms with Gasteiger partial charge in [0.1, 0.15) is 5.82 Å². The van der Waals surface area contributed by atoms with Crippen molar-refractivity contribution in [2.24, 2.45) is 0 Å². The van der Waals surface area contributed by atoms with Gasteiger partial charge in [-0.15, -0.1) is 0 Å². The number of anilines is 2. The van der Waals surface area contributed by atoms with E-state index in [9.17, 15) is 4.79 Å². The first-order valence-corrected chi connectivity index (χ1v) is 6.08. The van der Waals surface area contributed by atoms with Crippen LogP contribution < -0.4 is 11.1 Å². The Morgan fingerprint density at radius 1 is 1.16 bits per heavy atom. The Kier molecular flexibility index (Phi) is 3.51. The number of aryl methyl sites for hydroxylation is 3. The fourth-order valence-corrected chi connectivity index (χ4v) is 1.91. The molecule has 1 aromatic heterocycles. The molecule has 0 aliphatic rings. The van der Waals surface area contributed by atoms with Gasteiger partial charge in [-0.05, 0) is 49.6 Å². The molecule has 0 unspecified atom stereocenters. The predicted molar refractivity (Wildman–Crippen MR) is 77.3 cm³/mol. The van der Waals surface area contributed by atoms with E-state index in [0.717, 1.165) is 16.7 Å². The van der Waals surface area contributed by atoms with Gasteiger partial charge < -0.3 is 11.1 Å². The van der Waals surface area contributed by atoms with Gasteiger partial charge in [0.25, 0.3) is 5.91 Å². The van der Waals surface area contributed by atoms with Gasteiger partial charge in [0.05, 0.1) is 0 Å². The third kappa shape index (κ3) is 2.73. The fourth-order valence-electron chi connectivity index (χ4n) is 1.91.